The minimum absolute atomic E-state index is 0.0824. The number of piperidine rings is 1. The molecule has 1 heterocycles. The van der Waals surface area contributed by atoms with Crippen molar-refractivity contribution < 1.29 is 8.42 Å². The number of sulfonamides is 1. The highest BCUT2D eigenvalue weighted by atomic mass is 79.9. The van der Waals surface area contributed by atoms with Crippen LogP contribution in [0, 0.1) is 0 Å². The molecule has 3 nitrogen and oxygen atoms in total. The summed E-state index contributed by atoms with van der Waals surface area (Å²) < 4.78 is 26.8. The molecule has 0 amide bonds. The highest BCUT2D eigenvalue weighted by Crippen LogP contribution is 2.27. The summed E-state index contributed by atoms with van der Waals surface area (Å²) >= 11 is 9.30. The van der Waals surface area contributed by atoms with Gasteiger partial charge in [0.2, 0.25) is 10.0 Å². The van der Waals surface area contributed by atoms with Crippen LogP contribution in [-0.2, 0) is 10.0 Å². The van der Waals surface area contributed by atoms with Gasteiger partial charge < -0.3 is 0 Å². The zero-order chi connectivity index (χ0) is 12.5. The molecule has 0 bridgehead atoms. The topological polar surface area (TPSA) is 37.4 Å². The molecule has 1 atom stereocenters. The zero-order valence-electron chi connectivity index (χ0n) is 9.14. The fourth-order valence-corrected chi connectivity index (χ4v) is 4.79. The van der Waals surface area contributed by atoms with E-state index in [0.29, 0.717) is 22.5 Å². The Balaban J connectivity index is 2.33. The number of nitrogens with zero attached hydrogens (tertiary/aromatic N) is 1. The highest BCUT2D eigenvalue weighted by molar-refractivity contribution is 9.10. The van der Waals surface area contributed by atoms with Crippen molar-refractivity contribution in [1.29, 1.82) is 0 Å². The van der Waals surface area contributed by atoms with E-state index in [1.54, 1.807) is 24.3 Å². The van der Waals surface area contributed by atoms with Crippen molar-refractivity contribution in [2.24, 2.45) is 0 Å². The second-order valence-electron chi connectivity index (χ2n) is 4.03. The van der Waals surface area contributed by atoms with Crippen LogP contribution in [0.1, 0.15) is 12.8 Å². The van der Waals surface area contributed by atoms with Crippen molar-refractivity contribution in [3.05, 3.63) is 28.7 Å². The van der Waals surface area contributed by atoms with Gasteiger partial charge in [-0.05, 0) is 40.9 Å². The van der Waals surface area contributed by atoms with Crippen molar-refractivity contribution in [2.75, 3.05) is 13.1 Å². The normalized spacial score (nSPS) is 22.6. The van der Waals surface area contributed by atoms with Gasteiger partial charge in [-0.15, -0.1) is 11.6 Å². The first kappa shape index (κ1) is 13.3. The van der Waals surface area contributed by atoms with Gasteiger partial charge in [-0.1, -0.05) is 12.1 Å². The van der Waals surface area contributed by atoms with Crippen LogP contribution in [0.2, 0.25) is 0 Å². The fraction of sp³-hybridized carbons (Fsp3) is 0.455. The van der Waals surface area contributed by atoms with Crippen LogP contribution in [0.4, 0.5) is 0 Å². The van der Waals surface area contributed by atoms with E-state index in [2.05, 4.69) is 15.9 Å². The van der Waals surface area contributed by atoms with Gasteiger partial charge in [0.25, 0.3) is 0 Å². The molecule has 1 fully saturated rings. The number of halogens is 2. The molecular weight excluding hydrogens is 326 g/mol. The lowest BCUT2D eigenvalue weighted by Gasteiger charge is -2.29. The highest BCUT2D eigenvalue weighted by Gasteiger charge is 2.30. The van der Waals surface area contributed by atoms with Gasteiger partial charge in [-0.2, -0.15) is 4.31 Å². The first-order valence-electron chi connectivity index (χ1n) is 5.40. The van der Waals surface area contributed by atoms with E-state index < -0.39 is 10.0 Å². The number of alkyl halides is 1. The minimum atomic E-state index is -3.42. The number of hydrogen-bond acceptors (Lipinski definition) is 2. The molecule has 2 rings (SSSR count). The fourth-order valence-electron chi connectivity index (χ4n) is 1.90. The Bertz CT molecular complexity index is 506. The zero-order valence-corrected chi connectivity index (χ0v) is 12.3. The Morgan fingerprint density at radius 1 is 1.35 bits per heavy atom. The quantitative estimate of drug-likeness (QED) is 0.778. The molecule has 0 saturated carbocycles. The van der Waals surface area contributed by atoms with Crippen LogP contribution in [0.25, 0.3) is 0 Å². The molecule has 17 heavy (non-hydrogen) atoms. The van der Waals surface area contributed by atoms with Crippen LogP contribution in [0.3, 0.4) is 0 Å². The Labute approximate surface area is 115 Å². The molecule has 1 aliphatic heterocycles. The molecule has 0 spiro atoms. The second-order valence-corrected chi connectivity index (χ2v) is 7.41. The third-order valence-electron chi connectivity index (χ3n) is 2.78. The first-order valence-corrected chi connectivity index (χ1v) is 8.07. The lowest BCUT2D eigenvalue weighted by molar-refractivity contribution is 0.350. The Morgan fingerprint density at radius 2 is 2.06 bits per heavy atom. The van der Waals surface area contributed by atoms with E-state index in [4.69, 9.17) is 11.6 Å². The summed E-state index contributed by atoms with van der Waals surface area (Å²) in [6.45, 7) is 0.943. The molecule has 0 radical (unpaired) electrons. The van der Waals surface area contributed by atoms with Crippen molar-refractivity contribution in [3.63, 3.8) is 0 Å². The largest absolute Gasteiger partial charge is 0.244 e. The van der Waals surface area contributed by atoms with Gasteiger partial charge in [0.05, 0.1) is 4.90 Å². The van der Waals surface area contributed by atoms with Crippen molar-refractivity contribution in [1.82, 2.24) is 4.31 Å². The van der Waals surface area contributed by atoms with Gasteiger partial charge >= 0.3 is 0 Å². The maximum Gasteiger partial charge on any atom is 0.244 e. The van der Waals surface area contributed by atoms with Crippen LogP contribution in [0.15, 0.2) is 33.6 Å². The summed E-state index contributed by atoms with van der Waals surface area (Å²) in [7, 11) is -3.42. The van der Waals surface area contributed by atoms with Gasteiger partial charge in [0, 0.05) is 22.9 Å². The van der Waals surface area contributed by atoms with E-state index in [1.807, 2.05) is 0 Å². The lowest BCUT2D eigenvalue weighted by atomic mass is 10.2. The minimum Gasteiger partial charge on any atom is -0.207 e. The Hall–Kier alpha value is -0.100. The summed E-state index contributed by atoms with van der Waals surface area (Å²) in [6.07, 6.45) is 1.70. The summed E-state index contributed by atoms with van der Waals surface area (Å²) in [5, 5.41) is -0.0824. The van der Waals surface area contributed by atoms with E-state index in [9.17, 15) is 8.42 Å². The van der Waals surface area contributed by atoms with Crippen molar-refractivity contribution in [3.8, 4) is 0 Å². The lowest BCUT2D eigenvalue weighted by Crippen LogP contribution is -2.40. The SMILES string of the molecule is O=S(=O)(c1ccccc1Br)N1CCCC(Cl)C1. The predicted octanol–water partition coefficient (Wildman–Crippen LogP) is 2.84. The molecule has 0 aromatic heterocycles. The van der Waals surface area contributed by atoms with Gasteiger partial charge in [0.15, 0.2) is 0 Å². The van der Waals surface area contributed by atoms with E-state index >= 15 is 0 Å². The van der Waals surface area contributed by atoms with Crippen LogP contribution in [-0.4, -0.2) is 31.2 Å². The third-order valence-corrected chi connectivity index (χ3v) is 6.01. The maximum absolute atomic E-state index is 12.4. The summed E-state index contributed by atoms with van der Waals surface area (Å²) in [5.74, 6) is 0. The average Bonchev–Trinajstić information content (AvgIpc) is 2.29. The molecule has 6 heteroatoms. The van der Waals surface area contributed by atoms with Crippen molar-refractivity contribution >= 4 is 37.6 Å². The summed E-state index contributed by atoms with van der Waals surface area (Å²) in [5.41, 5.74) is 0. The molecule has 0 N–H and O–H groups in total. The maximum atomic E-state index is 12.4. The van der Waals surface area contributed by atoms with Crippen molar-refractivity contribution in [2.45, 2.75) is 23.1 Å². The number of hydrogen-bond donors (Lipinski definition) is 0. The van der Waals surface area contributed by atoms with E-state index in [1.165, 1.54) is 4.31 Å². The average molecular weight is 339 g/mol. The summed E-state index contributed by atoms with van der Waals surface area (Å²) in [4.78, 5) is 0.311. The molecule has 94 valence electrons. The molecule has 1 unspecified atom stereocenters. The van der Waals surface area contributed by atoms with E-state index in [-0.39, 0.29) is 5.38 Å². The molecule has 1 aliphatic rings. The number of rotatable bonds is 2. The molecular formula is C11H13BrClNO2S. The molecule has 1 aromatic carbocycles. The second kappa shape index (κ2) is 5.26. The molecule has 0 aliphatic carbocycles. The first-order chi connectivity index (χ1) is 8.01. The third kappa shape index (κ3) is 2.84. The van der Waals surface area contributed by atoms with Gasteiger partial charge in [0.1, 0.15) is 0 Å². The summed E-state index contributed by atoms with van der Waals surface area (Å²) in [6, 6.07) is 6.86. The standard InChI is InChI=1S/C11H13BrClNO2S/c12-10-5-1-2-6-11(10)17(15,16)14-7-3-4-9(13)8-14/h1-2,5-6,9H,3-4,7-8H2. The van der Waals surface area contributed by atoms with E-state index in [0.717, 1.165) is 12.8 Å². The van der Waals surface area contributed by atoms with Crippen LogP contribution in [0.5, 0.6) is 0 Å². The predicted molar refractivity (Wildman–Crippen MR) is 71.8 cm³/mol. The molecule has 1 saturated heterocycles. The Morgan fingerprint density at radius 3 is 2.71 bits per heavy atom. The monoisotopic (exact) mass is 337 g/mol. The van der Waals surface area contributed by atoms with Crippen LogP contribution >= 0.6 is 27.5 Å². The van der Waals surface area contributed by atoms with Crippen LogP contribution < -0.4 is 0 Å². The van der Waals surface area contributed by atoms with Gasteiger partial charge in [-0.3, -0.25) is 0 Å². The molecule has 1 aromatic rings. The number of benzene rings is 1. The van der Waals surface area contributed by atoms with Gasteiger partial charge in [-0.25, -0.2) is 8.42 Å². The Kier molecular flexibility index (Phi) is 4.13. The smallest absolute Gasteiger partial charge is 0.207 e.